The lowest BCUT2D eigenvalue weighted by molar-refractivity contribution is -0.132. The number of amides is 1. The first-order chi connectivity index (χ1) is 14.9. The molecule has 0 radical (unpaired) electrons. The number of sulfonamides is 1. The van der Waals surface area contributed by atoms with Crippen molar-refractivity contribution in [3.8, 4) is 0 Å². The van der Waals surface area contributed by atoms with Crippen LogP contribution >= 0.6 is 15.9 Å². The van der Waals surface area contributed by atoms with E-state index in [4.69, 9.17) is 0 Å². The second-order valence-corrected chi connectivity index (χ2v) is 10.4. The van der Waals surface area contributed by atoms with Crippen LogP contribution in [0.15, 0.2) is 88.2 Å². The molecule has 3 aromatic carbocycles. The van der Waals surface area contributed by atoms with E-state index in [1.165, 1.54) is 9.87 Å². The molecular weight excluding hydrogens is 476 g/mol. The van der Waals surface area contributed by atoms with E-state index in [9.17, 15) is 13.2 Å². The normalized spacial score (nSPS) is 13.8. The van der Waals surface area contributed by atoms with E-state index in [0.717, 1.165) is 22.0 Å². The number of carbonyl (C=O) groups excluding carboxylic acids is 1. The van der Waals surface area contributed by atoms with Gasteiger partial charge in [0.15, 0.2) is 0 Å². The van der Waals surface area contributed by atoms with Gasteiger partial charge in [0.25, 0.3) is 0 Å². The molecule has 31 heavy (non-hydrogen) atoms. The molecule has 160 valence electrons. The molecule has 0 bridgehead atoms. The van der Waals surface area contributed by atoms with Gasteiger partial charge in [0.1, 0.15) is 0 Å². The fourth-order valence-corrected chi connectivity index (χ4v) is 5.37. The number of carbonyl (C=O) groups is 1. The zero-order valence-corrected chi connectivity index (χ0v) is 19.3. The number of halogens is 1. The van der Waals surface area contributed by atoms with Crippen molar-refractivity contribution in [3.63, 3.8) is 0 Å². The quantitative estimate of drug-likeness (QED) is 0.510. The third-order valence-electron chi connectivity index (χ3n) is 5.45. The maximum Gasteiger partial charge on any atom is 0.243 e. The molecule has 0 spiro atoms. The molecule has 0 saturated heterocycles. The van der Waals surface area contributed by atoms with Crippen molar-refractivity contribution in [1.82, 2.24) is 9.21 Å². The van der Waals surface area contributed by atoms with Gasteiger partial charge >= 0.3 is 0 Å². The van der Waals surface area contributed by atoms with Gasteiger partial charge in [-0.3, -0.25) is 4.79 Å². The third-order valence-corrected chi connectivity index (χ3v) is 7.78. The molecule has 1 heterocycles. The first-order valence-corrected chi connectivity index (χ1v) is 12.3. The van der Waals surface area contributed by atoms with Gasteiger partial charge in [-0.15, -0.1) is 0 Å². The molecule has 5 nitrogen and oxygen atoms in total. The summed E-state index contributed by atoms with van der Waals surface area (Å²) in [5.41, 5.74) is 3.20. The molecule has 1 aliphatic rings. The second kappa shape index (κ2) is 9.34. The van der Waals surface area contributed by atoms with Crippen LogP contribution in [-0.4, -0.2) is 36.6 Å². The van der Waals surface area contributed by atoms with Gasteiger partial charge in [0.2, 0.25) is 15.9 Å². The Labute approximate surface area is 191 Å². The van der Waals surface area contributed by atoms with Crippen LogP contribution in [-0.2, 0) is 34.3 Å². The topological polar surface area (TPSA) is 57.7 Å². The van der Waals surface area contributed by atoms with Gasteiger partial charge in [-0.25, -0.2) is 8.42 Å². The zero-order chi connectivity index (χ0) is 21.8. The highest BCUT2D eigenvalue weighted by molar-refractivity contribution is 9.10. The summed E-state index contributed by atoms with van der Waals surface area (Å²) in [4.78, 5) is 15.1. The molecule has 1 amide bonds. The van der Waals surface area contributed by atoms with Crippen LogP contribution in [0.4, 0.5) is 0 Å². The van der Waals surface area contributed by atoms with Crippen molar-refractivity contribution in [1.29, 1.82) is 0 Å². The first kappa shape index (κ1) is 21.7. The zero-order valence-electron chi connectivity index (χ0n) is 16.9. The van der Waals surface area contributed by atoms with Gasteiger partial charge in [0, 0.05) is 24.1 Å². The summed E-state index contributed by atoms with van der Waals surface area (Å²) in [6.45, 7) is 1.03. The summed E-state index contributed by atoms with van der Waals surface area (Å²) >= 11 is 3.34. The Hall–Kier alpha value is -2.48. The molecule has 0 fully saturated rings. The molecule has 0 N–H and O–H groups in total. The van der Waals surface area contributed by atoms with Crippen molar-refractivity contribution < 1.29 is 13.2 Å². The van der Waals surface area contributed by atoms with Crippen LogP contribution < -0.4 is 0 Å². The number of fused-ring (bicyclic) bond motifs is 1. The fraction of sp³-hybridized carbons (Fsp3) is 0.208. The average molecular weight is 499 g/mol. The highest BCUT2D eigenvalue weighted by atomic mass is 79.9. The maximum atomic E-state index is 13.4. The van der Waals surface area contributed by atoms with Crippen LogP contribution in [0.5, 0.6) is 0 Å². The van der Waals surface area contributed by atoms with E-state index in [1.807, 2.05) is 48.5 Å². The van der Waals surface area contributed by atoms with Crippen molar-refractivity contribution in [3.05, 3.63) is 100 Å². The van der Waals surface area contributed by atoms with Crippen LogP contribution in [0.1, 0.15) is 16.7 Å². The van der Waals surface area contributed by atoms with E-state index in [0.29, 0.717) is 13.1 Å². The van der Waals surface area contributed by atoms with Crippen LogP contribution in [0.2, 0.25) is 0 Å². The largest absolute Gasteiger partial charge is 0.337 e. The highest BCUT2D eigenvalue weighted by Gasteiger charge is 2.30. The SMILES string of the molecule is O=C(CN(Cc1ccccc1)S(=O)(=O)c1ccc(Br)cc1)N1CCc2ccccc2C1. The monoisotopic (exact) mass is 498 g/mol. The minimum absolute atomic E-state index is 0.134. The molecule has 3 aromatic rings. The number of nitrogens with zero attached hydrogens (tertiary/aromatic N) is 2. The van der Waals surface area contributed by atoms with E-state index in [2.05, 4.69) is 22.0 Å². The minimum atomic E-state index is -3.85. The number of hydrogen-bond donors (Lipinski definition) is 0. The Kier molecular flexibility index (Phi) is 6.55. The highest BCUT2D eigenvalue weighted by Crippen LogP contribution is 2.23. The summed E-state index contributed by atoms with van der Waals surface area (Å²) in [5.74, 6) is -0.189. The number of hydrogen-bond acceptors (Lipinski definition) is 3. The molecule has 0 aromatic heterocycles. The van der Waals surface area contributed by atoms with Crippen molar-refractivity contribution in [2.45, 2.75) is 24.4 Å². The lowest BCUT2D eigenvalue weighted by Gasteiger charge is -2.31. The molecule has 7 heteroatoms. The molecule has 4 rings (SSSR count). The lowest BCUT2D eigenvalue weighted by atomic mass is 10.00. The predicted octanol–water partition coefficient (Wildman–Crippen LogP) is 4.22. The molecule has 1 aliphatic heterocycles. The maximum absolute atomic E-state index is 13.4. The van der Waals surface area contributed by atoms with Gasteiger partial charge in [0.05, 0.1) is 11.4 Å². The summed E-state index contributed by atoms with van der Waals surface area (Å²) in [6, 6.07) is 23.9. The standard InChI is InChI=1S/C24H23BrN2O3S/c25-22-10-12-23(13-11-22)31(29,30)27(16-19-6-2-1-3-7-19)18-24(28)26-15-14-20-8-4-5-9-21(20)17-26/h1-13H,14-18H2. The van der Waals surface area contributed by atoms with Crippen LogP contribution in [0, 0.1) is 0 Å². The molecule has 0 unspecified atom stereocenters. The van der Waals surface area contributed by atoms with Crippen molar-refractivity contribution >= 4 is 31.9 Å². The summed E-state index contributed by atoms with van der Waals surface area (Å²) < 4.78 is 28.9. The Morgan fingerprint density at radius 1 is 0.903 bits per heavy atom. The van der Waals surface area contributed by atoms with E-state index >= 15 is 0 Å². The van der Waals surface area contributed by atoms with Gasteiger partial charge in [-0.05, 0) is 47.4 Å². The van der Waals surface area contributed by atoms with E-state index in [1.54, 1.807) is 29.2 Å². The first-order valence-electron chi connectivity index (χ1n) is 10.1. The Morgan fingerprint density at radius 3 is 2.26 bits per heavy atom. The van der Waals surface area contributed by atoms with E-state index in [-0.39, 0.29) is 23.9 Å². The third kappa shape index (κ3) is 5.06. The molecular formula is C24H23BrN2O3S. The van der Waals surface area contributed by atoms with Gasteiger partial charge in [-0.1, -0.05) is 70.5 Å². The molecule has 0 saturated carbocycles. The van der Waals surface area contributed by atoms with Crippen molar-refractivity contribution in [2.24, 2.45) is 0 Å². The minimum Gasteiger partial charge on any atom is -0.337 e. The fourth-order valence-electron chi connectivity index (χ4n) is 3.73. The van der Waals surface area contributed by atoms with Crippen molar-refractivity contribution in [2.75, 3.05) is 13.1 Å². The average Bonchev–Trinajstić information content (AvgIpc) is 2.79. The smallest absolute Gasteiger partial charge is 0.243 e. The number of rotatable bonds is 6. The Bertz CT molecular complexity index is 1160. The number of benzene rings is 3. The van der Waals surface area contributed by atoms with Gasteiger partial charge < -0.3 is 4.90 Å². The van der Waals surface area contributed by atoms with Crippen LogP contribution in [0.25, 0.3) is 0 Å². The Morgan fingerprint density at radius 2 is 1.55 bits per heavy atom. The second-order valence-electron chi connectivity index (χ2n) is 7.55. The van der Waals surface area contributed by atoms with Crippen LogP contribution in [0.3, 0.4) is 0 Å². The molecule has 0 atom stereocenters. The summed E-state index contributed by atoms with van der Waals surface area (Å²) in [5, 5.41) is 0. The van der Waals surface area contributed by atoms with E-state index < -0.39 is 10.0 Å². The molecule has 0 aliphatic carbocycles. The lowest BCUT2D eigenvalue weighted by Crippen LogP contribution is -2.44. The summed E-state index contributed by atoms with van der Waals surface area (Å²) in [6.07, 6.45) is 0.778. The van der Waals surface area contributed by atoms with Gasteiger partial charge in [-0.2, -0.15) is 4.31 Å². The predicted molar refractivity (Wildman–Crippen MR) is 124 cm³/mol. The summed E-state index contributed by atoms with van der Waals surface area (Å²) in [7, 11) is -3.85. The Balaban J connectivity index is 1.58.